The average Bonchev–Trinajstić information content (AvgIpc) is 2.49. The molecule has 0 amide bonds. The highest BCUT2D eigenvalue weighted by Crippen LogP contribution is 2.44. The molecular formula is C17H28BrNO4Si. The van der Waals surface area contributed by atoms with Gasteiger partial charge in [0, 0.05) is 5.56 Å². The van der Waals surface area contributed by atoms with E-state index in [-0.39, 0.29) is 11.4 Å². The lowest BCUT2D eigenvalue weighted by atomic mass is 10.1. The van der Waals surface area contributed by atoms with Crippen LogP contribution >= 0.6 is 15.9 Å². The Kier molecular flexibility index (Phi) is 7.73. The van der Waals surface area contributed by atoms with Crippen molar-refractivity contribution in [3.63, 3.8) is 0 Å². The van der Waals surface area contributed by atoms with Crippen molar-refractivity contribution in [3.8, 4) is 5.75 Å². The molecule has 0 aliphatic rings. The average molecular weight is 418 g/mol. The van der Waals surface area contributed by atoms with Crippen molar-refractivity contribution in [2.45, 2.75) is 63.0 Å². The minimum atomic E-state index is -2.09. The minimum absolute atomic E-state index is 0.0486. The normalized spacial score (nSPS) is 13.4. The van der Waals surface area contributed by atoms with Gasteiger partial charge in [-0.2, -0.15) is 0 Å². The number of para-hydroxylation sites is 1. The third-order valence-corrected chi connectivity index (χ3v) is 11.3. The van der Waals surface area contributed by atoms with E-state index >= 15 is 0 Å². The van der Waals surface area contributed by atoms with Gasteiger partial charge in [0.05, 0.1) is 4.83 Å². The quantitative estimate of drug-likeness (QED) is 0.217. The summed E-state index contributed by atoms with van der Waals surface area (Å²) in [4.78, 5) is 14.7. The Hall–Kier alpha value is -1.08. The maximum absolute atomic E-state index is 10.5. The molecule has 0 saturated carbocycles. The van der Waals surface area contributed by atoms with Crippen LogP contribution in [0.1, 0.15) is 51.9 Å². The van der Waals surface area contributed by atoms with E-state index in [1.165, 1.54) is 0 Å². The number of rotatable bonds is 9. The van der Waals surface area contributed by atoms with Crippen molar-refractivity contribution in [1.29, 1.82) is 0 Å². The minimum Gasteiger partial charge on any atom is -0.542 e. The Morgan fingerprint density at radius 1 is 1.08 bits per heavy atom. The topological polar surface area (TPSA) is 61.6 Å². The maximum atomic E-state index is 10.5. The van der Waals surface area contributed by atoms with Gasteiger partial charge in [-0.1, -0.05) is 75.7 Å². The highest BCUT2D eigenvalue weighted by molar-refractivity contribution is 9.09. The van der Waals surface area contributed by atoms with E-state index in [9.17, 15) is 10.1 Å². The number of nitrogens with zero attached hydrogens (tertiary/aromatic N) is 1. The van der Waals surface area contributed by atoms with Crippen molar-refractivity contribution in [3.05, 3.63) is 39.9 Å². The maximum Gasteiger partial charge on any atom is 0.294 e. The first kappa shape index (κ1) is 21.0. The first-order valence-electron chi connectivity index (χ1n) is 8.32. The molecule has 7 heteroatoms. The number of hydrogen-bond acceptors (Lipinski definition) is 4. The summed E-state index contributed by atoms with van der Waals surface area (Å²) in [5.74, 6) is 0.800. The molecule has 0 spiro atoms. The molecule has 0 heterocycles. The molecule has 0 aliphatic carbocycles. The van der Waals surface area contributed by atoms with Crippen molar-refractivity contribution in [1.82, 2.24) is 0 Å². The van der Waals surface area contributed by atoms with Gasteiger partial charge in [-0.3, -0.25) is 0 Å². The second-order valence-electron chi connectivity index (χ2n) is 6.94. The van der Waals surface area contributed by atoms with Gasteiger partial charge in [0.25, 0.3) is 13.4 Å². The molecule has 24 heavy (non-hydrogen) atoms. The van der Waals surface area contributed by atoms with Crippen LogP contribution in [0.25, 0.3) is 0 Å². The third kappa shape index (κ3) is 4.72. The first-order valence-corrected chi connectivity index (χ1v) is 11.4. The van der Waals surface area contributed by atoms with Crippen LogP contribution in [-0.2, 0) is 4.84 Å². The monoisotopic (exact) mass is 417 g/mol. The molecule has 1 atom stereocenters. The van der Waals surface area contributed by atoms with Crippen LogP contribution in [0.5, 0.6) is 5.75 Å². The van der Waals surface area contributed by atoms with Crippen molar-refractivity contribution >= 4 is 24.2 Å². The lowest BCUT2D eigenvalue weighted by molar-refractivity contribution is -0.757. The third-order valence-electron chi connectivity index (χ3n) is 4.58. The van der Waals surface area contributed by atoms with Crippen molar-refractivity contribution in [2.24, 2.45) is 0 Å². The summed E-state index contributed by atoms with van der Waals surface area (Å²) < 4.78 is 6.73. The molecule has 1 aromatic rings. The summed E-state index contributed by atoms with van der Waals surface area (Å²) in [6, 6.07) is 7.72. The summed E-state index contributed by atoms with van der Waals surface area (Å²) in [6.07, 6.45) is 0. The predicted molar refractivity (Wildman–Crippen MR) is 103 cm³/mol. The van der Waals surface area contributed by atoms with Crippen LogP contribution in [0, 0.1) is 10.1 Å². The van der Waals surface area contributed by atoms with Crippen LogP contribution < -0.4 is 4.43 Å². The Bertz CT molecular complexity index is 529. The molecule has 0 bridgehead atoms. The lowest BCUT2D eigenvalue weighted by Crippen LogP contribution is -2.50. The standard InChI is InChI=1S/C17H28BrNO4Si/c1-12(2)24(13(3)4,14(5)6)23-17-10-8-7-9-15(17)16(18)11-22-19(20)21/h7-10,12-14,16H,11H2,1-6H3/t16-/m0/s1. The van der Waals surface area contributed by atoms with Gasteiger partial charge in [0.2, 0.25) is 0 Å². The van der Waals surface area contributed by atoms with E-state index in [2.05, 4.69) is 62.3 Å². The fourth-order valence-corrected chi connectivity index (χ4v) is 9.36. The summed E-state index contributed by atoms with van der Waals surface area (Å²) in [5, 5.41) is 9.68. The molecule has 0 N–H and O–H groups in total. The molecule has 5 nitrogen and oxygen atoms in total. The summed E-state index contributed by atoms with van der Waals surface area (Å²) in [6.45, 7) is 13.3. The van der Waals surface area contributed by atoms with Crippen LogP contribution in [0.4, 0.5) is 0 Å². The first-order chi connectivity index (χ1) is 11.1. The number of halogens is 1. The van der Waals surface area contributed by atoms with E-state index in [1.807, 2.05) is 24.3 Å². The van der Waals surface area contributed by atoms with Gasteiger partial charge < -0.3 is 9.26 Å². The molecular weight excluding hydrogens is 390 g/mol. The zero-order chi connectivity index (χ0) is 18.5. The molecule has 0 unspecified atom stereocenters. The summed E-state index contributed by atoms with van der Waals surface area (Å²) in [7, 11) is -2.09. The molecule has 1 aromatic carbocycles. The van der Waals surface area contributed by atoms with E-state index in [0.29, 0.717) is 16.6 Å². The highest BCUT2D eigenvalue weighted by Gasteiger charge is 2.47. The van der Waals surface area contributed by atoms with Gasteiger partial charge in [-0.05, 0) is 22.7 Å². The van der Waals surface area contributed by atoms with Gasteiger partial charge in [-0.15, -0.1) is 10.1 Å². The zero-order valence-corrected chi connectivity index (χ0v) is 17.9. The lowest BCUT2D eigenvalue weighted by Gasteiger charge is -2.42. The molecule has 0 aliphatic heterocycles. The molecule has 0 aromatic heterocycles. The number of benzene rings is 1. The second kappa shape index (κ2) is 8.85. The van der Waals surface area contributed by atoms with Crippen molar-refractivity contribution < 1.29 is 14.4 Å². The summed E-state index contributed by atoms with van der Waals surface area (Å²) >= 11 is 3.49. The Labute approximate surface area is 154 Å². The Morgan fingerprint density at radius 3 is 2.04 bits per heavy atom. The molecule has 0 radical (unpaired) electrons. The molecule has 0 saturated heterocycles. The Balaban J connectivity index is 3.19. The predicted octanol–water partition coefficient (Wildman–Crippen LogP) is 5.89. The highest BCUT2D eigenvalue weighted by atomic mass is 79.9. The van der Waals surface area contributed by atoms with Crippen molar-refractivity contribution in [2.75, 3.05) is 6.61 Å². The number of hydrogen-bond donors (Lipinski definition) is 0. The Morgan fingerprint density at radius 2 is 1.58 bits per heavy atom. The van der Waals surface area contributed by atoms with E-state index < -0.39 is 13.4 Å². The zero-order valence-electron chi connectivity index (χ0n) is 15.3. The van der Waals surface area contributed by atoms with Gasteiger partial charge in [-0.25, -0.2) is 0 Å². The van der Waals surface area contributed by atoms with Crippen LogP contribution in [0.2, 0.25) is 16.6 Å². The van der Waals surface area contributed by atoms with Crippen LogP contribution in [-0.4, -0.2) is 20.0 Å². The van der Waals surface area contributed by atoms with E-state index in [4.69, 9.17) is 4.43 Å². The fraction of sp³-hybridized carbons (Fsp3) is 0.647. The SMILES string of the molecule is CC(C)[Si](Oc1ccccc1[C@@H](Br)CO[N+](=O)[O-])(C(C)C)C(C)C. The van der Waals surface area contributed by atoms with E-state index in [0.717, 1.165) is 11.3 Å². The summed E-state index contributed by atoms with van der Waals surface area (Å²) in [5.41, 5.74) is 2.25. The number of alkyl halides is 1. The molecule has 1 rings (SSSR count). The van der Waals surface area contributed by atoms with Gasteiger partial charge >= 0.3 is 0 Å². The van der Waals surface area contributed by atoms with E-state index in [1.54, 1.807) is 0 Å². The van der Waals surface area contributed by atoms with Gasteiger partial charge in [0.15, 0.2) is 0 Å². The molecule has 136 valence electrons. The van der Waals surface area contributed by atoms with Gasteiger partial charge in [0.1, 0.15) is 12.4 Å². The largest absolute Gasteiger partial charge is 0.542 e. The smallest absolute Gasteiger partial charge is 0.294 e. The molecule has 0 fully saturated rings. The second-order valence-corrected chi connectivity index (χ2v) is 13.4. The van der Waals surface area contributed by atoms with Crippen LogP contribution in [0.15, 0.2) is 24.3 Å². The van der Waals surface area contributed by atoms with Crippen LogP contribution in [0.3, 0.4) is 0 Å². The fourth-order valence-electron chi connectivity index (χ4n) is 3.59.